The minimum atomic E-state index is -0.997. The number of aliphatic carboxylic acids is 1. The van der Waals surface area contributed by atoms with E-state index in [1.165, 1.54) is 0 Å². The topological polar surface area (TPSA) is 81.1 Å². The molecule has 5 heteroatoms. The summed E-state index contributed by atoms with van der Waals surface area (Å²) in [5.41, 5.74) is 9.45. The Balaban J connectivity index is 2.34. The average molecular weight is 259 g/mol. The molecule has 0 aliphatic carbocycles. The van der Waals surface area contributed by atoms with E-state index in [9.17, 15) is 4.79 Å². The molecule has 0 aliphatic rings. The van der Waals surface area contributed by atoms with Gasteiger partial charge in [-0.2, -0.15) is 5.10 Å². The second kappa shape index (κ2) is 5.24. The summed E-state index contributed by atoms with van der Waals surface area (Å²) < 4.78 is 1.82. The number of nitrogens with two attached hydrogens (primary N) is 1. The molecule has 0 fully saturated rings. The first-order valence-electron chi connectivity index (χ1n) is 6.08. The Labute approximate surface area is 111 Å². The molecule has 19 heavy (non-hydrogen) atoms. The molecule has 5 nitrogen and oxygen atoms in total. The molecule has 0 saturated carbocycles. The summed E-state index contributed by atoms with van der Waals surface area (Å²) >= 11 is 0. The highest BCUT2D eigenvalue weighted by Gasteiger charge is 2.16. The van der Waals surface area contributed by atoms with Gasteiger partial charge in [-0.3, -0.25) is 4.79 Å². The van der Waals surface area contributed by atoms with Crippen LogP contribution in [0.4, 0.5) is 0 Å². The monoisotopic (exact) mass is 259 g/mol. The van der Waals surface area contributed by atoms with Crippen molar-refractivity contribution in [3.63, 3.8) is 0 Å². The minimum Gasteiger partial charge on any atom is -0.480 e. The molecule has 1 unspecified atom stereocenters. The number of benzene rings is 1. The van der Waals surface area contributed by atoms with Gasteiger partial charge in [-0.1, -0.05) is 18.2 Å². The van der Waals surface area contributed by atoms with Gasteiger partial charge in [-0.15, -0.1) is 0 Å². The first kappa shape index (κ1) is 13.3. The highest BCUT2D eigenvalue weighted by atomic mass is 16.4. The fourth-order valence-corrected chi connectivity index (χ4v) is 2.01. The van der Waals surface area contributed by atoms with Crippen LogP contribution in [-0.2, 0) is 11.2 Å². The summed E-state index contributed by atoms with van der Waals surface area (Å²) in [6, 6.07) is 7.02. The maximum absolute atomic E-state index is 10.8. The Morgan fingerprint density at radius 2 is 2.11 bits per heavy atom. The number of hydrogen-bond acceptors (Lipinski definition) is 3. The van der Waals surface area contributed by atoms with Crippen molar-refractivity contribution < 1.29 is 9.90 Å². The van der Waals surface area contributed by atoms with Crippen LogP contribution >= 0.6 is 0 Å². The maximum Gasteiger partial charge on any atom is 0.320 e. The Hall–Kier alpha value is -2.14. The molecule has 0 aliphatic heterocycles. The van der Waals surface area contributed by atoms with E-state index in [1.54, 1.807) is 6.20 Å². The van der Waals surface area contributed by atoms with Crippen molar-refractivity contribution in [1.29, 1.82) is 0 Å². The van der Waals surface area contributed by atoms with Gasteiger partial charge in [0, 0.05) is 12.1 Å². The summed E-state index contributed by atoms with van der Waals surface area (Å²) in [6.45, 7) is 3.93. The van der Waals surface area contributed by atoms with Crippen LogP contribution in [0.3, 0.4) is 0 Å². The Kier molecular flexibility index (Phi) is 3.66. The van der Waals surface area contributed by atoms with Gasteiger partial charge in [0.15, 0.2) is 0 Å². The van der Waals surface area contributed by atoms with Crippen LogP contribution in [-0.4, -0.2) is 26.9 Å². The van der Waals surface area contributed by atoms with Crippen molar-refractivity contribution in [1.82, 2.24) is 9.78 Å². The molecule has 1 atom stereocenters. The zero-order valence-electron chi connectivity index (χ0n) is 11.0. The first-order valence-corrected chi connectivity index (χ1v) is 6.08. The van der Waals surface area contributed by atoms with Crippen LogP contribution in [0.15, 0.2) is 30.5 Å². The van der Waals surface area contributed by atoms with Crippen molar-refractivity contribution in [2.24, 2.45) is 5.73 Å². The van der Waals surface area contributed by atoms with Gasteiger partial charge in [-0.05, 0) is 31.0 Å². The van der Waals surface area contributed by atoms with Crippen LogP contribution in [0.1, 0.15) is 16.8 Å². The van der Waals surface area contributed by atoms with E-state index in [1.807, 2.05) is 42.8 Å². The van der Waals surface area contributed by atoms with Crippen LogP contribution in [0.5, 0.6) is 0 Å². The fraction of sp³-hybridized carbons (Fsp3) is 0.286. The summed E-state index contributed by atoms with van der Waals surface area (Å²) in [6.07, 6.45) is 1.97. The maximum atomic E-state index is 10.8. The van der Waals surface area contributed by atoms with Gasteiger partial charge >= 0.3 is 5.97 Å². The lowest BCUT2D eigenvalue weighted by atomic mass is 10.1. The third kappa shape index (κ3) is 2.66. The first-order chi connectivity index (χ1) is 9.00. The van der Waals surface area contributed by atoms with Crippen molar-refractivity contribution in [2.45, 2.75) is 26.3 Å². The summed E-state index contributed by atoms with van der Waals surface area (Å²) in [5, 5.41) is 13.2. The Bertz CT molecular complexity index is 604. The van der Waals surface area contributed by atoms with E-state index in [4.69, 9.17) is 10.8 Å². The fourth-order valence-electron chi connectivity index (χ4n) is 2.01. The van der Waals surface area contributed by atoms with Gasteiger partial charge < -0.3 is 10.8 Å². The highest BCUT2D eigenvalue weighted by Crippen LogP contribution is 2.18. The van der Waals surface area contributed by atoms with Gasteiger partial charge in [0.2, 0.25) is 0 Å². The number of para-hydroxylation sites is 1. The van der Waals surface area contributed by atoms with E-state index in [0.717, 1.165) is 22.5 Å². The standard InChI is InChI=1S/C14H17N3O2/c1-9-5-3-4-6-13(9)17-10(2)11(8-16-17)7-12(15)14(18)19/h3-6,8,12H,7,15H2,1-2H3,(H,18,19). The quantitative estimate of drug-likeness (QED) is 0.870. The third-order valence-corrected chi connectivity index (χ3v) is 3.21. The van der Waals surface area contributed by atoms with Gasteiger partial charge in [0.1, 0.15) is 6.04 Å². The lowest BCUT2D eigenvalue weighted by Crippen LogP contribution is -2.32. The van der Waals surface area contributed by atoms with Crippen molar-refractivity contribution in [2.75, 3.05) is 0 Å². The van der Waals surface area contributed by atoms with E-state index in [-0.39, 0.29) is 6.42 Å². The summed E-state index contributed by atoms with van der Waals surface area (Å²) in [7, 11) is 0. The summed E-state index contributed by atoms with van der Waals surface area (Å²) in [4.78, 5) is 10.8. The molecule has 100 valence electrons. The molecule has 1 heterocycles. The third-order valence-electron chi connectivity index (χ3n) is 3.21. The molecule has 0 spiro atoms. The van der Waals surface area contributed by atoms with Gasteiger partial charge in [-0.25, -0.2) is 4.68 Å². The van der Waals surface area contributed by atoms with Crippen molar-refractivity contribution in [3.8, 4) is 5.69 Å². The van der Waals surface area contributed by atoms with Crippen LogP contribution in [0.2, 0.25) is 0 Å². The SMILES string of the molecule is Cc1ccccc1-n1ncc(CC(N)C(=O)O)c1C. The van der Waals surface area contributed by atoms with Crippen molar-refractivity contribution >= 4 is 5.97 Å². The predicted molar refractivity (Wildman–Crippen MR) is 72.4 cm³/mol. The molecule has 2 rings (SSSR count). The number of carboxylic acid groups (broad SMARTS) is 1. The van der Waals surface area contributed by atoms with Crippen LogP contribution in [0.25, 0.3) is 5.69 Å². The van der Waals surface area contributed by atoms with E-state index in [2.05, 4.69) is 5.10 Å². The molecule has 3 N–H and O–H groups in total. The van der Waals surface area contributed by atoms with E-state index < -0.39 is 12.0 Å². The molecule has 1 aromatic carbocycles. The lowest BCUT2D eigenvalue weighted by molar-refractivity contribution is -0.138. The average Bonchev–Trinajstić information content (AvgIpc) is 2.72. The molecule has 1 aromatic heterocycles. The molecule has 0 bridgehead atoms. The molecular weight excluding hydrogens is 242 g/mol. The number of carboxylic acids is 1. The molecule has 2 aromatic rings. The zero-order valence-corrected chi connectivity index (χ0v) is 11.0. The molecule has 0 radical (unpaired) electrons. The van der Waals surface area contributed by atoms with Crippen LogP contribution in [0, 0.1) is 13.8 Å². The molecular formula is C14H17N3O2. The minimum absolute atomic E-state index is 0.285. The second-order valence-corrected chi connectivity index (χ2v) is 4.60. The van der Waals surface area contributed by atoms with E-state index in [0.29, 0.717) is 0 Å². The number of aryl methyl sites for hydroxylation is 1. The molecule has 0 saturated heterocycles. The number of aromatic nitrogens is 2. The Morgan fingerprint density at radius 3 is 2.74 bits per heavy atom. The highest BCUT2D eigenvalue weighted by molar-refractivity contribution is 5.73. The Morgan fingerprint density at radius 1 is 1.42 bits per heavy atom. The molecule has 0 amide bonds. The zero-order chi connectivity index (χ0) is 14.0. The number of hydrogen-bond donors (Lipinski definition) is 2. The predicted octanol–water partition coefficient (Wildman–Crippen LogP) is 1.44. The number of rotatable bonds is 4. The van der Waals surface area contributed by atoms with E-state index >= 15 is 0 Å². The second-order valence-electron chi connectivity index (χ2n) is 4.60. The normalized spacial score (nSPS) is 12.4. The van der Waals surface area contributed by atoms with Crippen LogP contribution < -0.4 is 5.73 Å². The number of carbonyl (C=O) groups is 1. The summed E-state index contributed by atoms with van der Waals surface area (Å²) in [5.74, 6) is -0.997. The lowest BCUT2D eigenvalue weighted by Gasteiger charge is -2.09. The van der Waals surface area contributed by atoms with Gasteiger partial charge in [0.25, 0.3) is 0 Å². The largest absolute Gasteiger partial charge is 0.480 e. The number of nitrogens with zero attached hydrogens (tertiary/aromatic N) is 2. The smallest absolute Gasteiger partial charge is 0.320 e. The van der Waals surface area contributed by atoms with Crippen molar-refractivity contribution in [3.05, 3.63) is 47.3 Å². The van der Waals surface area contributed by atoms with Gasteiger partial charge in [0.05, 0.1) is 11.9 Å².